The van der Waals surface area contributed by atoms with E-state index in [9.17, 15) is 98.7 Å². The summed E-state index contributed by atoms with van der Waals surface area (Å²) in [6, 6.07) is -1.18. The van der Waals surface area contributed by atoms with Gasteiger partial charge in [0.15, 0.2) is 31.1 Å². The molecule has 3 heterocycles. The van der Waals surface area contributed by atoms with Gasteiger partial charge in [0.2, 0.25) is 82.1 Å². The van der Waals surface area contributed by atoms with Crippen LogP contribution in [0.25, 0.3) is 0 Å². The smallest absolute Gasteiger partial charge is 0.311 e. The zero-order valence-corrected chi connectivity index (χ0v) is 75.8. The number of amides is 8. The van der Waals surface area contributed by atoms with Gasteiger partial charge < -0.3 is 109 Å². The summed E-state index contributed by atoms with van der Waals surface area (Å²) >= 11 is 0. The number of rotatable bonds is 59. The lowest BCUT2D eigenvalue weighted by Gasteiger charge is -2.44. The molecule has 0 saturated carbocycles. The first-order chi connectivity index (χ1) is 61.1. The summed E-state index contributed by atoms with van der Waals surface area (Å²) in [5.74, 6) is -24.4. The molecule has 1 aromatic carbocycles. The van der Waals surface area contributed by atoms with Crippen LogP contribution in [-0.4, -0.2) is 247 Å². The van der Waals surface area contributed by atoms with E-state index in [-0.39, 0.29) is 191 Å². The van der Waals surface area contributed by atoms with Gasteiger partial charge in [-0.1, -0.05) is 47.0 Å². The third-order valence-corrected chi connectivity index (χ3v) is 21.5. The monoisotopic (exact) mass is 1850 g/mol. The number of esters is 8. The number of unbranched alkanes of at least 4 members (excludes halogenated alkanes) is 6. The number of halogens is 5. The second kappa shape index (κ2) is 59.5. The minimum absolute atomic E-state index is 0.00890. The van der Waals surface area contributed by atoms with Crippen molar-refractivity contribution in [2.75, 3.05) is 78.9 Å². The van der Waals surface area contributed by atoms with E-state index < -0.39 is 211 Å². The standard InChI is InChI=1S/C86H131F5N8O30/c1-49-51(3)83(126-61(46-119-54(6)101)78(49)122-57(9)104)116-43-19-13-16-26-64(108)92-37-23-40-95-67(111)31-34-86(99-70(114)29-22-30-71(115)129-81-75(90)73(88)72(87)74(89)76(81)91,35-32-68(112)96-41-24-38-93-65(109)27-17-14-20-44-117-84-52(4)50(2)79(123-58(10)105)62(127-84)47-120-55(7)102)36-33-69(113)97-42-25-39-94-66(110)28-18-15-21-45-118-85-77(98-53(5)100)82(125-60(12)107)80(124-59(11)106)63(128-85)48-121-56(8)103/h49-52,61-63,77-80,82-85H,13-48H2,1-12H3,(H,92,108)(H,93,109)(H,94,110)(H,95,111)(H,96,112)(H,97,113)(H,98,100)(H,99,114). The van der Waals surface area contributed by atoms with Gasteiger partial charge in [-0.2, -0.15) is 8.78 Å². The van der Waals surface area contributed by atoms with Crippen LogP contribution in [0.5, 0.6) is 5.75 Å². The van der Waals surface area contributed by atoms with E-state index in [0.717, 1.165) is 20.8 Å². The lowest BCUT2D eigenvalue weighted by atomic mass is 9.82. The van der Waals surface area contributed by atoms with Crippen LogP contribution >= 0.6 is 0 Å². The molecule has 15 unspecified atom stereocenters. The van der Waals surface area contributed by atoms with Gasteiger partial charge in [0.05, 0.1) is 0 Å². The van der Waals surface area contributed by atoms with E-state index in [1.54, 1.807) is 0 Å². The second-order valence-corrected chi connectivity index (χ2v) is 32.3. The first-order valence-electron chi connectivity index (χ1n) is 43.9. The van der Waals surface area contributed by atoms with Gasteiger partial charge in [0.25, 0.3) is 0 Å². The van der Waals surface area contributed by atoms with E-state index in [4.69, 9.17) is 61.6 Å². The molecule has 3 fully saturated rings. The SMILES string of the molecule is CC(=O)NC1C(OCCCCCC(=O)NCCCNC(=O)CCC(CCC(=O)NCCCNC(=O)CCCCCOC2OC(COC(C)=O)C(OC(C)=O)C(C)C2C)(CCC(=O)NCCCNC(=O)CCCCCOC2OC(COC(C)=O)C(OC(C)=O)C(C)C2C)NC(=O)CCCC(=O)Oc2c(F)c(F)c(F)c(F)c2F)OC(COC(C)=O)C(OC(C)=O)C1OC(C)=O. The highest BCUT2D eigenvalue weighted by atomic mass is 19.2. The Kier molecular flexibility index (Phi) is 51.4. The fraction of sp³-hybridized carbons (Fsp3) is 0.744. The van der Waals surface area contributed by atoms with Crippen molar-refractivity contribution in [1.29, 1.82) is 0 Å². The second-order valence-electron chi connectivity index (χ2n) is 32.3. The van der Waals surface area contributed by atoms with Crippen molar-refractivity contribution in [3.05, 3.63) is 29.1 Å². The molecule has 4 rings (SSSR count). The highest BCUT2D eigenvalue weighted by Gasteiger charge is 2.52. The van der Waals surface area contributed by atoms with Crippen LogP contribution in [0.2, 0.25) is 0 Å². The molecule has 8 N–H and O–H groups in total. The van der Waals surface area contributed by atoms with Crippen LogP contribution in [0, 0.1) is 52.8 Å². The number of carbonyl (C=O) groups is 16. The Morgan fingerprint density at radius 1 is 0.318 bits per heavy atom. The maximum Gasteiger partial charge on any atom is 0.311 e. The number of hydrogen-bond acceptors (Lipinski definition) is 30. The Balaban J connectivity index is 1.39. The third-order valence-electron chi connectivity index (χ3n) is 21.5. The van der Waals surface area contributed by atoms with Gasteiger partial charge in [0, 0.05) is 195 Å². The average molecular weight is 1850 g/mol. The molecule has 15 atom stereocenters. The van der Waals surface area contributed by atoms with E-state index in [1.807, 2.05) is 27.7 Å². The van der Waals surface area contributed by atoms with E-state index >= 15 is 0 Å². The highest BCUT2D eigenvalue weighted by molar-refractivity contribution is 5.82. The Bertz CT molecular complexity index is 3710. The van der Waals surface area contributed by atoms with Crippen LogP contribution in [0.1, 0.15) is 237 Å². The predicted octanol–water partition coefficient (Wildman–Crippen LogP) is 5.89. The van der Waals surface area contributed by atoms with E-state index in [0.29, 0.717) is 57.8 Å². The molecule has 43 heteroatoms. The average Bonchev–Trinajstić information content (AvgIpc) is 0.781. The van der Waals surface area contributed by atoms with Gasteiger partial charge in [0.1, 0.15) is 56.4 Å². The molecular formula is C86H131F5N8O30. The van der Waals surface area contributed by atoms with Crippen LogP contribution in [0.3, 0.4) is 0 Å². The highest BCUT2D eigenvalue weighted by Crippen LogP contribution is 2.37. The van der Waals surface area contributed by atoms with Gasteiger partial charge in [-0.15, -0.1) is 0 Å². The van der Waals surface area contributed by atoms with Gasteiger partial charge in [-0.25, -0.2) is 13.2 Å². The van der Waals surface area contributed by atoms with Crippen LogP contribution in [0.4, 0.5) is 22.0 Å². The molecule has 0 aromatic heterocycles. The Hall–Kier alpha value is -9.85. The van der Waals surface area contributed by atoms with Crippen molar-refractivity contribution in [2.45, 2.75) is 310 Å². The third kappa shape index (κ3) is 42.7. The fourth-order valence-corrected chi connectivity index (χ4v) is 14.4. The van der Waals surface area contributed by atoms with Crippen molar-refractivity contribution in [2.24, 2.45) is 23.7 Å². The van der Waals surface area contributed by atoms with Crippen LogP contribution in [0.15, 0.2) is 0 Å². The minimum Gasteiger partial charge on any atom is -0.463 e. The molecular weight excluding hydrogens is 1720 g/mol. The Labute approximate surface area is 747 Å². The molecule has 1 aromatic rings. The fourth-order valence-electron chi connectivity index (χ4n) is 14.4. The normalized spacial score (nSPS) is 22.2. The van der Waals surface area contributed by atoms with Crippen LogP contribution in [-0.2, 0) is 138 Å². The largest absolute Gasteiger partial charge is 0.463 e. The van der Waals surface area contributed by atoms with Crippen LogP contribution < -0.4 is 47.3 Å². The summed E-state index contributed by atoms with van der Waals surface area (Å²) < 4.78 is 149. The zero-order valence-electron chi connectivity index (χ0n) is 75.8. The van der Waals surface area contributed by atoms with Gasteiger partial charge in [-0.3, -0.25) is 76.7 Å². The molecule has 730 valence electrons. The lowest BCUT2D eigenvalue weighted by molar-refractivity contribution is -0.277. The summed E-state index contributed by atoms with van der Waals surface area (Å²) in [6.45, 7) is 17.6. The maximum atomic E-state index is 14.5. The number of carbonyl (C=O) groups excluding carboxylic acids is 16. The molecule has 0 spiro atoms. The summed E-state index contributed by atoms with van der Waals surface area (Å²) in [6.07, 6.45) is -6.96. The summed E-state index contributed by atoms with van der Waals surface area (Å²) in [5, 5.41) is 22.2. The maximum absolute atomic E-state index is 14.5. The molecule has 3 aliphatic rings. The van der Waals surface area contributed by atoms with Crippen molar-refractivity contribution < 1.29 is 165 Å². The molecule has 0 bridgehead atoms. The Morgan fingerprint density at radius 2 is 0.620 bits per heavy atom. The summed E-state index contributed by atoms with van der Waals surface area (Å²) in [7, 11) is 0. The van der Waals surface area contributed by atoms with Crippen molar-refractivity contribution >= 4 is 95.0 Å². The molecule has 0 aliphatic carbocycles. The van der Waals surface area contributed by atoms with Crippen molar-refractivity contribution in [1.82, 2.24) is 42.5 Å². The molecule has 3 saturated heterocycles. The summed E-state index contributed by atoms with van der Waals surface area (Å²) in [4.78, 5) is 202. The topological polar surface area (TPSA) is 499 Å². The summed E-state index contributed by atoms with van der Waals surface area (Å²) in [5.41, 5.74) is -1.57. The first-order valence-corrected chi connectivity index (χ1v) is 43.9. The van der Waals surface area contributed by atoms with Gasteiger partial charge in [-0.05, 0) is 83.5 Å². The Morgan fingerprint density at radius 3 is 0.961 bits per heavy atom. The number of hydrogen-bond donors (Lipinski definition) is 8. The van der Waals surface area contributed by atoms with Gasteiger partial charge >= 0.3 is 47.8 Å². The quantitative estimate of drug-likeness (QED) is 0.00716. The van der Waals surface area contributed by atoms with E-state index in [2.05, 4.69) is 47.3 Å². The number of ether oxygens (including phenoxy) is 14. The zero-order chi connectivity index (χ0) is 95.9. The molecule has 38 nitrogen and oxygen atoms in total. The first kappa shape index (κ1) is 111. The minimum atomic E-state index is -2.50. The lowest BCUT2D eigenvalue weighted by Crippen LogP contribution is -2.66. The number of nitrogens with one attached hydrogen (secondary N) is 8. The molecule has 3 aliphatic heterocycles. The number of benzene rings is 1. The van der Waals surface area contributed by atoms with E-state index in [1.165, 1.54) is 34.6 Å². The predicted molar refractivity (Wildman–Crippen MR) is 442 cm³/mol. The van der Waals surface area contributed by atoms with Crippen molar-refractivity contribution in [3.63, 3.8) is 0 Å². The van der Waals surface area contributed by atoms with Crippen molar-refractivity contribution in [3.8, 4) is 5.75 Å². The molecule has 0 radical (unpaired) electrons. The molecule has 8 amide bonds. The molecule has 129 heavy (non-hydrogen) atoms.